The van der Waals surface area contributed by atoms with E-state index in [9.17, 15) is 70.9 Å². The van der Waals surface area contributed by atoms with Crippen molar-refractivity contribution in [1.29, 1.82) is 0 Å². The van der Waals surface area contributed by atoms with Crippen LogP contribution < -0.4 is 5.32 Å². The summed E-state index contributed by atoms with van der Waals surface area (Å²) in [6.07, 6.45) is -36.4. The summed E-state index contributed by atoms with van der Waals surface area (Å²) in [5.41, 5.74) is 0.700. The van der Waals surface area contributed by atoms with Gasteiger partial charge in [0.1, 0.15) is 85.5 Å². The van der Waals surface area contributed by atoms with E-state index in [1.54, 1.807) is 44.2 Å². The van der Waals surface area contributed by atoms with Crippen molar-refractivity contribution in [3.8, 4) is 0 Å². The number of carboxylic acid groups (broad SMARTS) is 1. The summed E-state index contributed by atoms with van der Waals surface area (Å²) in [5, 5.41) is 129. The average molecular weight is 810 g/mol. The molecule has 0 spiro atoms. The molecule has 0 aliphatic carbocycles. The number of aliphatic carboxylic acids is 1. The summed E-state index contributed by atoms with van der Waals surface area (Å²) in [4.78, 5) is 24.6. The van der Waals surface area contributed by atoms with E-state index in [0.29, 0.717) is 5.56 Å². The van der Waals surface area contributed by atoms with E-state index in [-0.39, 0.29) is 6.54 Å². The number of carboxylic acids is 1. The van der Waals surface area contributed by atoms with E-state index in [2.05, 4.69) is 5.32 Å². The maximum absolute atomic E-state index is 13.0. The number of benzene rings is 1. The molecule has 20 unspecified atom stereocenters. The van der Waals surface area contributed by atoms with Gasteiger partial charge in [0, 0.05) is 6.54 Å². The number of aliphatic hydroxyl groups excluding tert-OH is 11. The number of carbonyl (C=O) groups excluding carboxylic acids is 1. The Morgan fingerprint density at radius 1 is 0.643 bits per heavy atom. The summed E-state index contributed by atoms with van der Waals surface area (Å²) in [6.45, 7) is 1.78. The number of carbonyl (C=O) groups is 2. The van der Waals surface area contributed by atoms with E-state index in [0.717, 1.165) is 0 Å². The van der Waals surface area contributed by atoms with Crippen molar-refractivity contribution in [2.45, 2.75) is 143 Å². The van der Waals surface area contributed by atoms with E-state index in [1.165, 1.54) is 0 Å². The van der Waals surface area contributed by atoms with Gasteiger partial charge < -0.3 is 99.8 Å². The number of amides is 1. The van der Waals surface area contributed by atoms with Crippen LogP contribution in [-0.4, -0.2) is 209 Å². The summed E-state index contributed by atoms with van der Waals surface area (Å²) in [7, 11) is 0. The molecular weight excluding hydrogens is 758 g/mol. The lowest BCUT2D eigenvalue weighted by Crippen LogP contribution is -2.66. The number of hydrogen-bond acceptors (Lipinski definition) is 20. The van der Waals surface area contributed by atoms with E-state index in [4.69, 9.17) is 33.2 Å². The summed E-state index contributed by atoms with van der Waals surface area (Å²) >= 11 is 0. The predicted molar refractivity (Wildman–Crippen MR) is 178 cm³/mol. The number of hydrogen-bond donors (Lipinski definition) is 13. The van der Waals surface area contributed by atoms with Gasteiger partial charge in [-0.2, -0.15) is 0 Å². The molecule has 5 rings (SSSR count). The first kappa shape index (κ1) is 44.5. The molecule has 318 valence electrons. The molecule has 1 amide bonds. The van der Waals surface area contributed by atoms with Crippen molar-refractivity contribution < 1.29 is 104 Å². The van der Waals surface area contributed by atoms with Gasteiger partial charge in [0.2, 0.25) is 0 Å². The fourth-order valence-electron chi connectivity index (χ4n) is 6.89. The minimum Gasteiger partial charge on any atom is -0.479 e. The Morgan fingerprint density at radius 2 is 1.18 bits per heavy atom. The Morgan fingerprint density at radius 3 is 1.73 bits per heavy atom. The standard InChI is InChI=1S/C34H51NO21/c1-11(2)25-23(45)26(53-34-22(44)18(40)20(42)29(56-34)31(48)49)16(38)14(51-25)10-50-32-24(46)27(15(37)13(9-36)52-32)54-33-21(43)17(39)19(41)28(55-33)30(47)35-8-12-6-4-3-5-7-12/h3-7,11,13-29,32-34,36-46H,8-10H2,1-2H3,(H,35,47)(H,48,49). The molecule has 20 atom stereocenters. The Bertz CT molecular complexity index is 1430. The van der Waals surface area contributed by atoms with Crippen LogP contribution in [0.3, 0.4) is 0 Å². The van der Waals surface area contributed by atoms with Gasteiger partial charge in [-0.15, -0.1) is 0 Å². The molecule has 0 aromatic heterocycles. The van der Waals surface area contributed by atoms with Crippen LogP contribution in [0.1, 0.15) is 19.4 Å². The summed E-state index contributed by atoms with van der Waals surface area (Å²) in [6, 6.07) is 8.68. The zero-order valence-electron chi connectivity index (χ0n) is 30.2. The largest absolute Gasteiger partial charge is 0.479 e. The molecule has 0 saturated carbocycles. The number of nitrogens with one attached hydrogen (secondary N) is 1. The van der Waals surface area contributed by atoms with E-state index in [1.807, 2.05) is 0 Å². The third-order valence-electron chi connectivity index (χ3n) is 10.2. The molecule has 4 fully saturated rings. The minimum absolute atomic E-state index is 0.0168. The molecule has 22 nitrogen and oxygen atoms in total. The Balaban J connectivity index is 1.27. The fraction of sp³-hybridized carbons (Fsp3) is 0.765. The molecular formula is C34H51NO21. The molecule has 56 heavy (non-hydrogen) atoms. The Hall–Kier alpha value is -2.56. The van der Waals surface area contributed by atoms with E-state index < -0.39 is 154 Å². The average Bonchev–Trinajstić information content (AvgIpc) is 3.17. The second-order valence-electron chi connectivity index (χ2n) is 14.4. The second kappa shape index (κ2) is 19.0. The number of rotatable bonds is 13. The lowest BCUT2D eigenvalue weighted by molar-refractivity contribution is -0.362. The van der Waals surface area contributed by atoms with Crippen LogP contribution in [-0.2, 0) is 49.3 Å². The minimum atomic E-state index is -2.05. The molecule has 4 aliphatic heterocycles. The molecule has 4 heterocycles. The lowest BCUT2D eigenvalue weighted by atomic mass is 9.89. The van der Waals surface area contributed by atoms with Crippen LogP contribution in [0.15, 0.2) is 30.3 Å². The van der Waals surface area contributed by atoms with Crippen molar-refractivity contribution in [3.63, 3.8) is 0 Å². The zero-order valence-corrected chi connectivity index (χ0v) is 30.2. The van der Waals surface area contributed by atoms with Gasteiger partial charge in [-0.25, -0.2) is 4.79 Å². The van der Waals surface area contributed by atoms with Crippen LogP contribution >= 0.6 is 0 Å². The lowest BCUT2D eigenvalue weighted by Gasteiger charge is -2.48. The maximum Gasteiger partial charge on any atom is 0.335 e. The molecule has 1 aromatic carbocycles. The van der Waals surface area contributed by atoms with Crippen LogP contribution in [0.2, 0.25) is 0 Å². The molecule has 22 heteroatoms. The van der Waals surface area contributed by atoms with E-state index >= 15 is 0 Å². The van der Waals surface area contributed by atoms with Crippen LogP contribution in [0.5, 0.6) is 0 Å². The van der Waals surface area contributed by atoms with Gasteiger partial charge in [-0.05, 0) is 11.5 Å². The zero-order chi connectivity index (χ0) is 41.2. The van der Waals surface area contributed by atoms with Gasteiger partial charge in [-0.1, -0.05) is 44.2 Å². The van der Waals surface area contributed by atoms with Gasteiger partial charge in [-0.3, -0.25) is 4.79 Å². The first-order valence-corrected chi connectivity index (χ1v) is 18.0. The van der Waals surface area contributed by atoms with Crippen molar-refractivity contribution in [2.75, 3.05) is 13.2 Å². The third kappa shape index (κ3) is 9.49. The van der Waals surface area contributed by atoms with Crippen LogP contribution in [0.25, 0.3) is 0 Å². The molecule has 1 aromatic rings. The van der Waals surface area contributed by atoms with Gasteiger partial charge in [0.05, 0.1) is 19.3 Å². The van der Waals surface area contributed by atoms with Crippen LogP contribution in [0.4, 0.5) is 0 Å². The topological polar surface area (TPSA) is 354 Å². The SMILES string of the molecule is CC(C)C1OC(COC2OC(CO)C(O)C(OC3OC(C(=O)NCc4ccccc4)C(O)C(O)C3O)C2O)C(O)C(OC2OC(C(=O)O)C(O)C(O)C2O)C1O. The second-order valence-corrected chi connectivity index (χ2v) is 14.4. The normalized spacial score (nSPS) is 44.7. The number of ether oxygens (including phenoxy) is 7. The van der Waals surface area contributed by atoms with Crippen molar-refractivity contribution in [3.05, 3.63) is 35.9 Å². The smallest absolute Gasteiger partial charge is 0.335 e. The van der Waals surface area contributed by atoms with Crippen molar-refractivity contribution in [2.24, 2.45) is 5.92 Å². The van der Waals surface area contributed by atoms with Gasteiger partial charge in [0.15, 0.2) is 31.1 Å². The first-order chi connectivity index (χ1) is 26.5. The van der Waals surface area contributed by atoms with Crippen molar-refractivity contribution in [1.82, 2.24) is 5.32 Å². The highest BCUT2D eigenvalue weighted by Gasteiger charge is 2.55. The maximum atomic E-state index is 13.0. The quantitative estimate of drug-likeness (QED) is 0.0881. The highest BCUT2D eigenvalue weighted by molar-refractivity contribution is 5.81. The Labute approximate surface area is 319 Å². The van der Waals surface area contributed by atoms with Gasteiger partial charge >= 0.3 is 5.97 Å². The Kier molecular flexibility index (Phi) is 15.1. The monoisotopic (exact) mass is 809 g/mol. The van der Waals surface area contributed by atoms with Crippen molar-refractivity contribution >= 4 is 11.9 Å². The fourth-order valence-corrected chi connectivity index (χ4v) is 6.89. The highest BCUT2D eigenvalue weighted by atomic mass is 16.7. The molecule has 0 radical (unpaired) electrons. The third-order valence-corrected chi connectivity index (χ3v) is 10.2. The van der Waals surface area contributed by atoms with Crippen LogP contribution in [0, 0.1) is 5.92 Å². The summed E-state index contributed by atoms with van der Waals surface area (Å²) < 4.78 is 39.1. The first-order valence-electron chi connectivity index (χ1n) is 18.0. The predicted octanol–water partition coefficient (Wildman–Crippen LogP) is -6.63. The number of aliphatic hydroxyl groups is 11. The summed E-state index contributed by atoms with van der Waals surface area (Å²) in [5.74, 6) is -3.05. The molecule has 13 N–H and O–H groups in total. The van der Waals surface area contributed by atoms with Gasteiger partial charge in [0.25, 0.3) is 5.91 Å². The molecule has 4 aliphatic rings. The highest BCUT2D eigenvalue weighted by Crippen LogP contribution is 2.34. The molecule has 0 bridgehead atoms. The molecule has 4 saturated heterocycles.